The van der Waals surface area contributed by atoms with Crippen molar-refractivity contribution in [3.8, 4) is 11.5 Å². The van der Waals surface area contributed by atoms with Gasteiger partial charge in [-0.1, -0.05) is 18.2 Å². The van der Waals surface area contributed by atoms with Crippen molar-refractivity contribution < 1.29 is 19.1 Å². The van der Waals surface area contributed by atoms with E-state index in [1.165, 1.54) is 0 Å². The van der Waals surface area contributed by atoms with Crippen LogP contribution in [0.4, 0.5) is 10.5 Å². The first-order valence-electron chi connectivity index (χ1n) is 9.51. The Bertz CT molecular complexity index is 787. The highest BCUT2D eigenvalue weighted by molar-refractivity contribution is 7.99. The van der Waals surface area contributed by atoms with Gasteiger partial charge in [0.25, 0.3) is 0 Å². The maximum Gasteiger partial charge on any atom is 0.319 e. The van der Waals surface area contributed by atoms with Gasteiger partial charge in [0, 0.05) is 28.9 Å². The second kappa shape index (κ2) is 12.6. The van der Waals surface area contributed by atoms with Crippen molar-refractivity contribution in [2.24, 2.45) is 0 Å². The molecule has 0 aliphatic carbocycles. The lowest BCUT2D eigenvalue weighted by Gasteiger charge is -2.13. The first-order valence-corrected chi connectivity index (χ1v) is 10.5. The predicted octanol–water partition coefficient (Wildman–Crippen LogP) is 3.51. The lowest BCUT2D eigenvalue weighted by atomic mass is 10.2. The number of urea groups is 1. The van der Waals surface area contributed by atoms with Crippen molar-refractivity contribution in [2.75, 3.05) is 37.4 Å². The van der Waals surface area contributed by atoms with Crippen molar-refractivity contribution in [1.29, 1.82) is 0 Å². The third-order valence-electron chi connectivity index (χ3n) is 3.65. The van der Waals surface area contributed by atoms with Gasteiger partial charge in [-0.15, -0.1) is 11.8 Å². The Balaban J connectivity index is 1.70. The minimum absolute atomic E-state index is 0.100. The number of hydrogen-bond donors (Lipinski definition) is 3. The standard InChI is InChI=1S/C21H27N3O4S/c1-3-27-18-11-10-16(14-19(18)28-4-2)24-21(26)23-15-20(25)22-12-13-29-17-8-6-5-7-9-17/h5-11,14H,3-4,12-13,15H2,1-2H3,(H,22,25)(H2,23,24,26). The Morgan fingerprint density at radius 3 is 2.38 bits per heavy atom. The third-order valence-corrected chi connectivity index (χ3v) is 4.66. The molecule has 2 aromatic rings. The van der Waals surface area contributed by atoms with Crippen LogP contribution in [0.2, 0.25) is 0 Å². The molecule has 3 amide bonds. The number of amides is 3. The smallest absolute Gasteiger partial charge is 0.319 e. The van der Waals surface area contributed by atoms with E-state index in [1.807, 2.05) is 44.2 Å². The monoisotopic (exact) mass is 417 g/mol. The summed E-state index contributed by atoms with van der Waals surface area (Å²) >= 11 is 1.66. The molecule has 0 fully saturated rings. The van der Waals surface area contributed by atoms with Crippen LogP contribution in [0.15, 0.2) is 53.4 Å². The molecule has 0 radical (unpaired) electrons. The lowest BCUT2D eigenvalue weighted by molar-refractivity contribution is -0.119. The van der Waals surface area contributed by atoms with Crippen molar-refractivity contribution in [1.82, 2.24) is 10.6 Å². The fourth-order valence-corrected chi connectivity index (χ4v) is 3.19. The first kappa shape index (κ1) is 22.4. The van der Waals surface area contributed by atoms with Crippen LogP contribution < -0.4 is 25.4 Å². The predicted molar refractivity (Wildman–Crippen MR) is 116 cm³/mol. The van der Waals surface area contributed by atoms with Gasteiger partial charge < -0.3 is 25.4 Å². The number of benzene rings is 2. The van der Waals surface area contributed by atoms with Crippen molar-refractivity contribution >= 4 is 29.4 Å². The van der Waals surface area contributed by atoms with Crippen LogP contribution in [0.1, 0.15) is 13.8 Å². The Labute approximate surface area is 175 Å². The first-order chi connectivity index (χ1) is 14.1. The minimum atomic E-state index is -0.467. The van der Waals surface area contributed by atoms with E-state index in [1.54, 1.807) is 30.0 Å². The summed E-state index contributed by atoms with van der Waals surface area (Å²) in [6, 6.07) is 14.6. The van der Waals surface area contributed by atoms with Crippen LogP contribution in [0.25, 0.3) is 0 Å². The molecule has 2 aromatic carbocycles. The van der Waals surface area contributed by atoms with E-state index in [-0.39, 0.29) is 12.5 Å². The summed E-state index contributed by atoms with van der Waals surface area (Å²) in [5, 5.41) is 8.00. The normalized spacial score (nSPS) is 10.1. The van der Waals surface area contributed by atoms with Crippen LogP contribution in [0.3, 0.4) is 0 Å². The zero-order valence-electron chi connectivity index (χ0n) is 16.7. The average Bonchev–Trinajstić information content (AvgIpc) is 2.73. The summed E-state index contributed by atoms with van der Waals surface area (Å²) in [4.78, 5) is 25.1. The highest BCUT2D eigenvalue weighted by Crippen LogP contribution is 2.30. The minimum Gasteiger partial charge on any atom is -0.490 e. The molecule has 0 atom stereocenters. The molecule has 7 nitrogen and oxygen atoms in total. The SMILES string of the molecule is CCOc1ccc(NC(=O)NCC(=O)NCCSc2ccccc2)cc1OCC. The highest BCUT2D eigenvalue weighted by Gasteiger charge is 2.09. The Hall–Kier alpha value is -2.87. The highest BCUT2D eigenvalue weighted by atomic mass is 32.2. The number of carbonyl (C=O) groups excluding carboxylic acids is 2. The second-order valence-electron chi connectivity index (χ2n) is 5.85. The largest absolute Gasteiger partial charge is 0.490 e. The second-order valence-corrected chi connectivity index (χ2v) is 7.02. The van der Waals surface area contributed by atoms with Gasteiger partial charge in [0.1, 0.15) is 0 Å². The molecule has 0 aromatic heterocycles. The summed E-state index contributed by atoms with van der Waals surface area (Å²) in [5.41, 5.74) is 0.550. The van der Waals surface area contributed by atoms with E-state index >= 15 is 0 Å². The van der Waals surface area contributed by atoms with E-state index in [4.69, 9.17) is 9.47 Å². The zero-order valence-corrected chi connectivity index (χ0v) is 17.5. The van der Waals surface area contributed by atoms with Crippen LogP contribution in [0.5, 0.6) is 11.5 Å². The number of nitrogens with one attached hydrogen (secondary N) is 3. The summed E-state index contributed by atoms with van der Waals surface area (Å²) < 4.78 is 11.0. The molecule has 0 saturated heterocycles. The number of hydrogen-bond acceptors (Lipinski definition) is 5. The fraction of sp³-hybridized carbons (Fsp3) is 0.333. The van der Waals surface area contributed by atoms with Gasteiger partial charge in [-0.25, -0.2) is 4.79 Å². The Kier molecular flexibility index (Phi) is 9.71. The molecule has 0 spiro atoms. The van der Waals surface area contributed by atoms with Crippen LogP contribution >= 0.6 is 11.8 Å². The van der Waals surface area contributed by atoms with Gasteiger partial charge in [0.15, 0.2) is 11.5 Å². The number of thioether (sulfide) groups is 1. The maximum absolute atomic E-state index is 12.0. The fourth-order valence-electron chi connectivity index (χ4n) is 2.40. The zero-order chi connectivity index (χ0) is 20.9. The molecule has 0 unspecified atom stereocenters. The lowest BCUT2D eigenvalue weighted by Crippen LogP contribution is -2.39. The topological polar surface area (TPSA) is 88.7 Å². The van der Waals surface area contributed by atoms with Crippen LogP contribution in [0, 0.1) is 0 Å². The van der Waals surface area contributed by atoms with E-state index in [9.17, 15) is 9.59 Å². The molecule has 156 valence electrons. The van der Waals surface area contributed by atoms with E-state index in [2.05, 4.69) is 16.0 Å². The Morgan fingerprint density at radius 2 is 1.66 bits per heavy atom. The van der Waals surface area contributed by atoms with Gasteiger partial charge in [-0.3, -0.25) is 4.79 Å². The summed E-state index contributed by atoms with van der Waals surface area (Å²) in [6.45, 7) is 5.19. The molecule has 0 aliphatic rings. The van der Waals surface area contributed by atoms with Gasteiger partial charge >= 0.3 is 6.03 Å². The summed E-state index contributed by atoms with van der Waals surface area (Å²) in [5.74, 6) is 1.69. The van der Waals surface area contributed by atoms with E-state index in [0.29, 0.717) is 36.9 Å². The molecule has 2 rings (SSSR count). The number of carbonyl (C=O) groups is 2. The maximum atomic E-state index is 12.0. The number of rotatable bonds is 11. The average molecular weight is 418 g/mol. The van der Waals surface area contributed by atoms with Gasteiger partial charge in [0.05, 0.1) is 19.8 Å². The number of anilines is 1. The van der Waals surface area contributed by atoms with Gasteiger partial charge in [-0.2, -0.15) is 0 Å². The van der Waals surface area contributed by atoms with Crippen molar-refractivity contribution in [3.63, 3.8) is 0 Å². The molecule has 8 heteroatoms. The molecular formula is C21H27N3O4S. The molecule has 29 heavy (non-hydrogen) atoms. The van der Waals surface area contributed by atoms with Crippen LogP contribution in [-0.2, 0) is 4.79 Å². The third kappa shape index (κ3) is 8.35. The van der Waals surface area contributed by atoms with Crippen LogP contribution in [-0.4, -0.2) is 44.0 Å². The Morgan fingerprint density at radius 1 is 0.931 bits per heavy atom. The molecule has 0 saturated carbocycles. The molecule has 0 heterocycles. The van der Waals surface area contributed by atoms with E-state index in [0.717, 1.165) is 10.6 Å². The van der Waals surface area contributed by atoms with E-state index < -0.39 is 6.03 Å². The summed E-state index contributed by atoms with van der Waals surface area (Å²) in [7, 11) is 0. The molecule has 3 N–H and O–H groups in total. The number of ether oxygens (including phenoxy) is 2. The summed E-state index contributed by atoms with van der Waals surface area (Å²) in [6.07, 6.45) is 0. The molecule has 0 bridgehead atoms. The van der Waals surface area contributed by atoms with Gasteiger partial charge in [0.2, 0.25) is 5.91 Å². The molecule has 0 aliphatic heterocycles. The van der Waals surface area contributed by atoms with Gasteiger partial charge in [-0.05, 0) is 38.1 Å². The molecular weight excluding hydrogens is 390 g/mol. The van der Waals surface area contributed by atoms with Crippen molar-refractivity contribution in [3.05, 3.63) is 48.5 Å². The quantitative estimate of drug-likeness (QED) is 0.385. The van der Waals surface area contributed by atoms with Crippen molar-refractivity contribution in [2.45, 2.75) is 18.7 Å².